The van der Waals surface area contributed by atoms with Crippen molar-refractivity contribution in [1.29, 1.82) is 0 Å². The van der Waals surface area contributed by atoms with Crippen LogP contribution in [-0.4, -0.2) is 12.4 Å². The van der Waals surface area contributed by atoms with Gasteiger partial charge in [0.2, 0.25) is 5.78 Å². The molecule has 0 unspecified atom stereocenters. The molecule has 0 radical (unpaired) electrons. The second-order valence-electron chi connectivity index (χ2n) is 5.71. The van der Waals surface area contributed by atoms with Gasteiger partial charge < -0.3 is 9.47 Å². The number of halogens is 1. The van der Waals surface area contributed by atoms with E-state index in [2.05, 4.69) is 15.9 Å². The summed E-state index contributed by atoms with van der Waals surface area (Å²) in [6.45, 7) is 4.53. The molecular formula is C20H17BrO3. The highest BCUT2D eigenvalue weighted by Gasteiger charge is 2.26. The summed E-state index contributed by atoms with van der Waals surface area (Å²) in [4.78, 5) is 12.4. The first-order valence-electron chi connectivity index (χ1n) is 7.63. The van der Waals surface area contributed by atoms with Crippen molar-refractivity contribution in [2.45, 2.75) is 13.8 Å². The van der Waals surface area contributed by atoms with Gasteiger partial charge in [-0.3, -0.25) is 4.79 Å². The Balaban J connectivity index is 1.91. The van der Waals surface area contributed by atoms with Crippen LogP contribution < -0.4 is 9.47 Å². The summed E-state index contributed by atoms with van der Waals surface area (Å²) in [6.07, 6.45) is 3.73. The molecule has 24 heavy (non-hydrogen) atoms. The number of para-hydroxylation sites is 1. The Hall–Kier alpha value is -2.33. The quantitative estimate of drug-likeness (QED) is 0.522. The molecule has 3 nitrogen and oxygen atoms in total. The van der Waals surface area contributed by atoms with Crippen molar-refractivity contribution in [2.75, 3.05) is 6.61 Å². The van der Waals surface area contributed by atoms with Gasteiger partial charge in [0.15, 0.2) is 5.76 Å². The Kier molecular flexibility index (Phi) is 4.86. The fourth-order valence-corrected chi connectivity index (χ4v) is 2.72. The minimum Gasteiger partial charge on any atom is -0.489 e. The summed E-state index contributed by atoms with van der Waals surface area (Å²) in [6, 6.07) is 12.9. The van der Waals surface area contributed by atoms with Crippen molar-refractivity contribution in [3.63, 3.8) is 0 Å². The summed E-state index contributed by atoms with van der Waals surface area (Å²) in [5, 5.41) is 0. The zero-order valence-corrected chi connectivity index (χ0v) is 15.1. The van der Waals surface area contributed by atoms with Crippen molar-refractivity contribution in [1.82, 2.24) is 0 Å². The standard InChI is InChI=1S/C20H17BrO3/c1-13(2)9-10-23-17-8-7-15(21)11-14(17)12-19-20(22)16-5-3-4-6-18(16)24-19/h3-9,11-12H,10H2,1-2H3/b19-12-. The van der Waals surface area contributed by atoms with Crippen LogP contribution in [0.25, 0.3) is 6.08 Å². The van der Waals surface area contributed by atoms with Crippen molar-refractivity contribution in [3.8, 4) is 11.5 Å². The molecule has 122 valence electrons. The molecule has 3 rings (SSSR count). The number of ether oxygens (including phenoxy) is 2. The van der Waals surface area contributed by atoms with Gasteiger partial charge >= 0.3 is 0 Å². The number of Topliss-reactive ketones (excluding diaryl/α,β-unsaturated/α-hetero) is 1. The van der Waals surface area contributed by atoms with Gasteiger partial charge in [-0.05, 0) is 56.3 Å². The predicted molar refractivity (Wildman–Crippen MR) is 98.4 cm³/mol. The SMILES string of the molecule is CC(C)=CCOc1ccc(Br)cc1/C=C1\Oc2ccccc2C1=O. The monoisotopic (exact) mass is 384 g/mol. The van der Waals surface area contributed by atoms with E-state index in [0.717, 1.165) is 10.0 Å². The largest absolute Gasteiger partial charge is 0.489 e. The molecule has 1 aliphatic rings. The van der Waals surface area contributed by atoms with Crippen LogP contribution in [0, 0.1) is 0 Å². The van der Waals surface area contributed by atoms with E-state index in [0.29, 0.717) is 29.4 Å². The number of allylic oxidation sites excluding steroid dienone is 2. The lowest BCUT2D eigenvalue weighted by Crippen LogP contribution is -2.00. The van der Waals surface area contributed by atoms with Crippen molar-refractivity contribution in [2.24, 2.45) is 0 Å². The third kappa shape index (κ3) is 3.60. The number of fused-ring (bicyclic) bond motifs is 1. The van der Waals surface area contributed by atoms with Crippen LogP contribution in [0.4, 0.5) is 0 Å². The van der Waals surface area contributed by atoms with Crippen LogP contribution in [0.15, 0.2) is 64.3 Å². The highest BCUT2D eigenvalue weighted by molar-refractivity contribution is 9.10. The van der Waals surface area contributed by atoms with Crippen molar-refractivity contribution < 1.29 is 14.3 Å². The molecule has 0 atom stereocenters. The molecule has 0 aliphatic carbocycles. The number of ketones is 1. The zero-order valence-electron chi connectivity index (χ0n) is 13.5. The molecule has 1 heterocycles. The number of rotatable bonds is 4. The van der Waals surface area contributed by atoms with Crippen LogP contribution in [0.1, 0.15) is 29.8 Å². The van der Waals surface area contributed by atoms with Crippen LogP contribution in [0.3, 0.4) is 0 Å². The van der Waals surface area contributed by atoms with Crippen LogP contribution in [0.2, 0.25) is 0 Å². The normalized spacial score (nSPS) is 14.3. The maximum absolute atomic E-state index is 12.4. The fraction of sp³-hybridized carbons (Fsp3) is 0.150. The number of carbonyl (C=O) groups is 1. The molecule has 1 aliphatic heterocycles. The van der Waals surface area contributed by atoms with Gasteiger partial charge in [0.25, 0.3) is 0 Å². The van der Waals surface area contributed by atoms with Gasteiger partial charge in [0.1, 0.15) is 18.1 Å². The van der Waals surface area contributed by atoms with E-state index in [4.69, 9.17) is 9.47 Å². The van der Waals surface area contributed by atoms with Gasteiger partial charge in [-0.15, -0.1) is 0 Å². The number of carbonyl (C=O) groups excluding carboxylic acids is 1. The average Bonchev–Trinajstić information content (AvgIpc) is 2.86. The van der Waals surface area contributed by atoms with E-state index in [9.17, 15) is 4.79 Å². The maximum atomic E-state index is 12.4. The summed E-state index contributed by atoms with van der Waals surface area (Å²) < 4.78 is 12.4. The van der Waals surface area contributed by atoms with Gasteiger partial charge in [-0.1, -0.05) is 33.6 Å². The topological polar surface area (TPSA) is 35.5 Å². The first-order valence-corrected chi connectivity index (χ1v) is 8.43. The first kappa shape index (κ1) is 16.5. The number of benzene rings is 2. The smallest absolute Gasteiger partial charge is 0.231 e. The Morgan fingerprint density at radius 3 is 2.75 bits per heavy atom. The minimum atomic E-state index is -0.110. The zero-order chi connectivity index (χ0) is 17.1. The lowest BCUT2D eigenvalue weighted by Gasteiger charge is -2.09. The highest BCUT2D eigenvalue weighted by Crippen LogP contribution is 2.33. The van der Waals surface area contributed by atoms with Crippen molar-refractivity contribution in [3.05, 3.63) is 75.5 Å². The molecule has 0 N–H and O–H groups in total. The molecule has 2 aromatic carbocycles. The Bertz CT molecular complexity index is 846. The Labute approximate surface area is 149 Å². The van der Waals surface area contributed by atoms with Crippen LogP contribution >= 0.6 is 15.9 Å². The molecule has 0 saturated heterocycles. The maximum Gasteiger partial charge on any atom is 0.231 e. The summed E-state index contributed by atoms with van der Waals surface area (Å²) >= 11 is 3.46. The molecule has 0 aromatic heterocycles. The third-order valence-electron chi connectivity index (χ3n) is 3.56. The Morgan fingerprint density at radius 1 is 1.21 bits per heavy atom. The fourth-order valence-electron chi connectivity index (χ4n) is 2.34. The van der Waals surface area contributed by atoms with E-state index < -0.39 is 0 Å². The molecule has 0 spiro atoms. The average molecular weight is 385 g/mol. The van der Waals surface area contributed by atoms with Crippen molar-refractivity contribution >= 4 is 27.8 Å². The Morgan fingerprint density at radius 2 is 2.00 bits per heavy atom. The summed E-state index contributed by atoms with van der Waals surface area (Å²) in [5.74, 6) is 1.49. The van der Waals surface area contributed by atoms with Gasteiger partial charge in [0, 0.05) is 10.0 Å². The van der Waals surface area contributed by atoms with E-state index in [-0.39, 0.29) is 5.78 Å². The minimum absolute atomic E-state index is 0.110. The molecule has 0 bridgehead atoms. The lowest BCUT2D eigenvalue weighted by molar-refractivity contribution is 0.101. The second kappa shape index (κ2) is 7.05. The highest BCUT2D eigenvalue weighted by atomic mass is 79.9. The number of hydrogen-bond donors (Lipinski definition) is 0. The molecule has 0 saturated carbocycles. The van der Waals surface area contributed by atoms with Crippen LogP contribution in [-0.2, 0) is 0 Å². The van der Waals surface area contributed by atoms with Gasteiger partial charge in [-0.25, -0.2) is 0 Å². The predicted octanol–water partition coefficient (Wildman–Crippen LogP) is 5.41. The summed E-state index contributed by atoms with van der Waals surface area (Å²) in [5.41, 5.74) is 2.57. The molecule has 2 aromatic rings. The van der Waals surface area contributed by atoms with Gasteiger partial charge in [-0.2, -0.15) is 0 Å². The third-order valence-corrected chi connectivity index (χ3v) is 4.06. The summed E-state index contributed by atoms with van der Waals surface area (Å²) in [7, 11) is 0. The molecule has 0 amide bonds. The molecular weight excluding hydrogens is 368 g/mol. The molecule has 4 heteroatoms. The van der Waals surface area contributed by atoms with E-state index in [1.165, 1.54) is 5.57 Å². The van der Waals surface area contributed by atoms with E-state index in [1.54, 1.807) is 18.2 Å². The molecule has 0 fully saturated rings. The van der Waals surface area contributed by atoms with E-state index in [1.807, 2.05) is 50.3 Å². The number of hydrogen-bond acceptors (Lipinski definition) is 3. The first-order chi connectivity index (χ1) is 11.5. The lowest BCUT2D eigenvalue weighted by atomic mass is 10.1. The second-order valence-corrected chi connectivity index (χ2v) is 6.63. The van der Waals surface area contributed by atoms with Gasteiger partial charge in [0.05, 0.1) is 5.56 Å². The van der Waals surface area contributed by atoms with E-state index >= 15 is 0 Å². The van der Waals surface area contributed by atoms with Crippen LogP contribution in [0.5, 0.6) is 11.5 Å².